The van der Waals surface area contributed by atoms with Crippen molar-refractivity contribution in [3.63, 3.8) is 0 Å². The van der Waals surface area contributed by atoms with E-state index in [1.165, 1.54) is 24.3 Å². The van der Waals surface area contributed by atoms with Gasteiger partial charge in [0.1, 0.15) is 5.76 Å². The summed E-state index contributed by atoms with van der Waals surface area (Å²) >= 11 is 0. The first kappa shape index (κ1) is 47.0. The Morgan fingerprint density at radius 2 is 0.871 bits per heavy atom. The summed E-state index contributed by atoms with van der Waals surface area (Å²) in [6.07, 6.45) is 5.03. The quantitative estimate of drug-likeness (QED) is 0.0819. The van der Waals surface area contributed by atoms with E-state index in [0.717, 1.165) is 56.1 Å². The van der Waals surface area contributed by atoms with Crippen molar-refractivity contribution in [3.05, 3.63) is 244 Å². The number of carbonyl (C=O) groups excluding carboxylic acids is 1. The minimum atomic E-state index is -4.25. The first-order valence-corrected chi connectivity index (χ1v) is 25.6. The zero-order valence-electron chi connectivity index (χ0n) is 39.5. The molecule has 0 radical (unpaired) electrons. The molecule has 7 aromatic rings. The number of nitrogens with one attached hydrogen (secondary N) is 2. The molecular weight excluding hydrogens is 913 g/mol. The maximum Gasteiger partial charge on any atom is 0.261 e. The number of carbonyl (C=O) groups is 1. The van der Waals surface area contributed by atoms with Crippen molar-refractivity contribution in [1.82, 2.24) is 9.30 Å². The Morgan fingerprint density at radius 1 is 0.471 bits per heavy atom. The molecule has 0 saturated carbocycles. The van der Waals surface area contributed by atoms with Gasteiger partial charge in [0, 0.05) is 64.6 Å². The van der Waals surface area contributed by atoms with E-state index in [9.17, 15) is 26.7 Å². The fourth-order valence-electron chi connectivity index (χ4n) is 8.36. The number of aryl methyl sites for hydroxylation is 6. The maximum absolute atomic E-state index is 14.8. The minimum Gasteiger partial charge on any atom is -0.506 e. The third-order valence-electron chi connectivity index (χ3n) is 12.3. The molecule has 0 unspecified atom stereocenters. The van der Waals surface area contributed by atoms with Crippen molar-refractivity contribution in [2.75, 3.05) is 9.62 Å². The van der Waals surface area contributed by atoms with Crippen LogP contribution in [0.15, 0.2) is 214 Å². The number of ketones is 1. The lowest BCUT2D eigenvalue weighted by atomic mass is 9.79. The van der Waals surface area contributed by atoms with Gasteiger partial charge in [-0.05, 0) is 114 Å². The van der Waals surface area contributed by atoms with E-state index in [0.29, 0.717) is 11.4 Å². The highest BCUT2D eigenvalue weighted by Crippen LogP contribution is 2.45. The average molecular weight is 964 g/mol. The molecule has 70 heavy (non-hydrogen) atoms. The zero-order valence-corrected chi connectivity index (χ0v) is 41.2. The van der Waals surface area contributed by atoms with Crippen molar-refractivity contribution in [1.29, 1.82) is 0 Å². The summed E-state index contributed by atoms with van der Waals surface area (Å²) in [5.41, 5.74) is 10.4. The Bertz CT molecular complexity index is 3500. The smallest absolute Gasteiger partial charge is 0.261 e. The molecule has 0 atom stereocenters. The van der Waals surface area contributed by atoms with E-state index in [2.05, 4.69) is 9.44 Å². The predicted molar refractivity (Wildman–Crippen MR) is 282 cm³/mol. The first-order chi connectivity index (χ1) is 33.5. The second-order valence-electron chi connectivity index (χ2n) is 17.7. The number of rotatable bonds is 12. The van der Waals surface area contributed by atoms with Gasteiger partial charge in [0.05, 0.1) is 32.3 Å². The van der Waals surface area contributed by atoms with Crippen LogP contribution in [-0.4, -0.2) is 33.4 Å². The Hall–Kier alpha value is -8.06. The van der Waals surface area contributed by atoms with E-state index in [4.69, 9.17) is 0 Å². The van der Waals surface area contributed by atoms with Crippen LogP contribution in [0.2, 0.25) is 0 Å². The molecule has 7 aromatic carbocycles. The van der Waals surface area contributed by atoms with Crippen molar-refractivity contribution < 1.29 is 26.7 Å². The normalized spacial score (nSPS) is 14.8. The molecule has 0 bridgehead atoms. The Labute approximate surface area is 409 Å². The van der Waals surface area contributed by atoms with E-state index < -0.39 is 31.6 Å². The second kappa shape index (κ2) is 18.8. The van der Waals surface area contributed by atoms with Crippen LogP contribution in [0.5, 0.6) is 0 Å². The van der Waals surface area contributed by atoms with Gasteiger partial charge in [-0.1, -0.05) is 106 Å². The van der Waals surface area contributed by atoms with Gasteiger partial charge in [0.2, 0.25) is 22.9 Å². The standard InChI is InChI=1S/C58H50N4O6S2/c1-37-7-19-43(20-8-37)61(44-21-9-38(2)10-22-44)47-27-33-51(53(35-47)59-69(65,66)49-29-15-41(5)16-30-49)55-57(63)56(58(55)64)52-34-28-48(36-54(52)60-70(67,68)50-31-17-42(6)18-32-50)62(45-23-11-39(3)12-24-45)46-25-13-40(4)14-26-46/h7-36H,1-6H3,(H2,59,60,63,64)/p+1. The molecule has 0 heterocycles. The third kappa shape index (κ3) is 9.51. The summed E-state index contributed by atoms with van der Waals surface area (Å²) < 4.78 is 64.3. The number of Topliss-reactive ketones (excluding diaryl/α,β-unsaturated/α-hetero) is 1. The molecule has 0 aromatic heterocycles. The monoisotopic (exact) mass is 963 g/mol. The number of hydrogen-bond acceptors (Lipinski definition) is 7. The summed E-state index contributed by atoms with van der Waals surface area (Å²) in [4.78, 5) is 16.8. The minimum absolute atomic E-state index is 0.00433. The number of sulfonamides is 2. The largest absolute Gasteiger partial charge is 0.506 e. The van der Waals surface area contributed by atoms with Gasteiger partial charge in [-0.2, -0.15) is 4.58 Å². The molecule has 0 amide bonds. The van der Waals surface area contributed by atoms with Crippen LogP contribution in [0.25, 0.3) is 5.57 Å². The Kier molecular flexibility index (Phi) is 12.6. The molecule has 0 saturated heterocycles. The number of hydrogen-bond donors (Lipinski definition) is 3. The molecule has 9 rings (SSSR count). The van der Waals surface area contributed by atoms with Gasteiger partial charge in [-0.15, -0.1) is 0 Å². The fourth-order valence-corrected chi connectivity index (χ4v) is 10.5. The molecule has 12 heteroatoms. The van der Waals surface area contributed by atoms with Crippen molar-refractivity contribution in [2.24, 2.45) is 0 Å². The second-order valence-corrected chi connectivity index (χ2v) is 21.1. The molecule has 350 valence electrons. The number of aliphatic hydroxyl groups excluding tert-OH is 1. The molecule has 2 aliphatic carbocycles. The van der Waals surface area contributed by atoms with Crippen molar-refractivity contribution in [3.8, 4) is 0 Å². The van der Waals surface area contributed by atoms with E-state index in [1.807, 2.05) is 148 Å². The van der Waals surface area contributed by atoms with E-state index in [1.54, 1.807) is 60.7 Å². The SMILES string of the molecule is Cc1ccc(N(c2ccc(C)cc2)c2ccc(C3=C(O)/C(=C4/C=CC(=[N+](c5ccc(C)cc5)c5ccc(C)cc5)C=C4NS(=O)(=O)c4ccc(C)cc4)C3=O)c(NS(=O)(=O)c3ccc(C)cc3)c2)cc1. The maximum atomic E-state index is 14.8. The van der Waals surface area contributed by atoms with Crippen molar-refractivity contribution >= 4 is 71.2 Å². The average Bonchev–Trinajstić information content (AvgIpc) is 3.33. The summed E-state index contributed by atoms with van der Waals surface area (Å²) in [6.45, 7) is 11.7. The zero-order chi connectivity index (χ0) is 49.5. The van der Waals surface area contributed by atoms with Crippen LogP contribution in [0.3, 0.4) is 0 Å². The van der Waals surface area contributed by atoms with Crippen LogP contribution in [0.4, 0.5) is 34.1 Å². The lowest BCUT2D eigenvalue weighted by molar-refractivity contribution is -0.111. The molecule has 10 nitrogen and oxygen atoms in total. The van der Waals surface area contributed by atoms with Crippen LogP contribution in [0, 0.1) is 41.5 Å². The van der Waals surface area contributed by atoms with Crippen LogP contribution in [0.1, 0.15) is 38.9 Å². The molecule has 2 aliphatic rings. The summed E-state index contributed by atoms with van der Waals surface area (Å²) in [7, 11) is -8.49. The van der Waals surface area contributed by atoms with Gasteiger partial charge in [-0.25, -0.2) is 16.8 Å². The lowest BCUT2D eigenvalue weighted by Crippen LogP contribution is -2.31. The molecular formula is C58H51N4O6S2+. The van der Waals surface area contributed by atoms with Crippen LogP contribution >= 0.6 is 0 Å². The highest BCUT2D eigenvalue weighted by Gasteiger charge is 2.41. The van der Waals surface area contributed by atoms with Gasteiger partial charge >= 0.3 is 0 Å². The van der Waals surface area contributed by atoms with Crippen LogP contribution < -0.4 is 18.9 Å². The molecule has 0 aliphatic heterocycles. The molecule has 0 fully saturated rings. The molecule has 3 N–H and O–H groups in total. The summed E-state index contributed by atoms with van der Waals surface area (Å²) in [5, 5.41) is 12.2. The van der Waals surface area contributed by atoms with E-state index in [-0.39, 0.29) is 43.5 Å². The first-order valence-electron chi connectivity index (χ1n) is 22.7. The number of nitrogens with zero attached hydrogens (tertiary/aromatic N) is 2. The number of benzene rings is 7. The van der Waals surface area contributed by atoms with Gasteiger partial charge in [0.25, 0.3) is 20.0 Å². The third-order valence-corrected chi connectivity index (χ3v) is 15.1. The summed E-state index contributed by atoms with van der Waals surface area (Å²) in [6, 6.07) is 49.5. The predicted octanol–water partition coefficient (Wildman–Crippen LogP) is 12.4. The number of anilines is 4. The van der Waals surface area contributed by atoms with Crippen molar-refractivity contribution in [2.45, 2.75) is 51.3 Å². The van der Waals surface area contributed by atoms with Gasteiger partial charge < -0.3 is 10.0 Å². The van der Waals surface area contributed by atoms with Crippen LogP contribution in [-0.2, 0) is 24.8 Å². The van der Waals surface area contributed by atoms with E-state index >= 15 is 0 Å². The lowest BCUT2D eigenvalue weighted by Gasteiger charge is -2.29. The number of aliphatic hydroxyl groups is 1. The number of allylic oxidation sites excluding steroid dienone is 5. The highest BCUT2D eigenvalue weighted by molar-refractivity contribution is 7.92. The fraction of sp³-hybridized carbons (Fsp3) is 0.103. The summed E-state index contributed by atoms with van der Waals surface area (Å²) in [5.74, 6) is -1.05. The molecule has 0 spiro atoms. The topological polar surface area (TPSA) is 136 Å². The van der Waals surface area contributed by atoms with Gasteiger partial charge in [0.15, 0.2) is 0 Å². The Balaban J connectivity index is 1.22. The Morgan fingerprint density at radius 3 is 1.31 bits per heavy atom. The van der Waals surface area contributed by atoms with Gasteiger partial charge in [-0.3, -0.25) is 14.2 Å². The highest BCUT2D eigenvalue weighted by atomic mass is 32.2.